The highest BCUT2D eigenvalue weighted by molar-refractivity contribution is 5.93. The number of likely N-dealkylation sites (N-methyl/N-ethyl adjacent to an activating group) is 1. The number of amides is 1. The van der Waals surface area contributed by atoms with E-state index in [1.807, 2.05) is 58.0 Å². The number of furan rings is 1. The lowest BCUT2D eigenvalue weighted by atomic mass is 10.1. The van der Waals surface area contributed by atoms with Gasteiger partial charge in [-0.1, -0.05) is 29.8 Å². The number of carbonyl (C=O) groups is 1. The maximum absolute atomic E-state index is 12.6. The van der Waals surface area contributed by atoms with Crippen molar-refractivity contribution in [2.45, 2.75) is 33.8 Å². The maximum atomic E-state index is 12.6. The van der Waals surface area contributed by atoms with E-state index in [1.54, 1.807) is 4.90 Å². The Bertz CT molecular complexity index is 643. The quantitative estimate of drug-likeness (QED) is 0.921. The Kier molecular flexibility index (Phi) is 5.03. The van der Waals surface area contributed by atoms with Crippen molar-refractivity contribution in [3.05, 3.63) is 58.5 Å². The van der Waals surface area contributed by atoms with Crippen molar-refractivity contribution in [1.29, 1.82) is 0 Å². The van der Waals surface area contributed by atoms with Gasteiger partial charge in [0.05, 0.1) is 12.6 Å². The lowest BCUT2D eigenvalue weighted by Crippen LogP contribution is -2.34. The summed E-state index contributed by atoms with van der Waals surface area (Å²) in [7, 11) is 0. The molecule has 0 radical (unpaired) electrons. The summed E-state index contributed by atoms with van der Waals surface area (Å²) in [6, 6.07) is 9.53. The number of hydrogen-bond acceptors (Lipinski definition) is 3. The van der Waals surface area contributed by atoms with Crippen molar-refractivity contribution < 1.29 is 14.3 Å². The summed E-state index contributed by atoms with van der Waals surface area (Å²) in [6.45, 7) is 8.33. The van der Waals surface area contributed by atoms with Crippen molar-refractivity contribution in [2.24, 2.45) is 0 Å². The van der Waals surface area contributed by atoms with E-state index in [4.69, 9.17) is 4.42 Å². The van der Waals surface area contributed by atoms with Crippen LogP contribution in [-0.2, 0) is 0 Å². The van der Waals surface area contributed by atoms with Crippen LogP contribution in [0.25, 0.3) is 0 Å². The van der Waals surface area contributed by atoms with Gasteiger partial charge in [0.2, 0.25) is 0 Å². The molecule has 0 aliphatic carbocycles. The van der Waals surface area contributed by atoms with Crippen LogP contribution in [0, 0.1) is 20.8 Å². The van der Waals surface area contributed by atoms with Gasteiger partial charge < -0.3 is 14.4 Å². The zero-order valence-electron chi connectivity index (χ0n) is 13.6. The van der Waals surface area contributed by atoms with Gasteiger partial charge in [-0.15, -0.1) is 0 Å². The van der Waals surface area contributed by atoms with Crippen molar-refractivity contribution in [3.8, 4) is 0 Å². The summed E-state index contributed by atoms with van der Waals surface area (Å²) in [6.07, 6.45) is -0.708. The first-order valence-corrected chi connectivity index (χ1v) is 7.53. The van der Waals surface area contributed by atoms with Crippen molar-refractivity contribution >= 4 is 5.91 Å². The van der Waals surface area contributed by atoms with E-state index in [0.29, 0.717) is 12.3 Å². The molecule has 0 spiro atoms. The Hall–Kier alpha value is -2.07. The molecule has 2 rings (SSSR count). The topological polar surface area (TPSA) is 53.7 Å². The highest BCUT2D eigenvalue weighted by Crippen LogP contribution is 2.19. The summed E-state index contributed by atoms with van der Waals surface area (Å²) >= 11 is 0. The smallest absolute Gasteiger partial charge is 0.289 e. The molecule has 118 valence electrons. The van der Waals surface area contributed by atoms with Gasteiger partial charge in [0.1, 0.15) is 5.76 Å². The number of aliphatic hydroxyl groups is 1. The molecule has 1 aromatic heterocycles. The van der Waals surface area contributed by atoms with E-state index in [9.17, 15) is 9.90 Å². The highest BCUT2D eigenvalue weighted by Gasteiger charge is 2.23. The van der Waals surface area contributed by atoms with Crippen LogP contribution in [0.5, 0.6) is 0 Å². The Labute approximate surface area is 131 Å². The average molecular weight is 301 g/mol. The molecule has 1 heterocycles. The van der Waals surface area contributed by atoms with Crippen molar-refractivity contribution in [1.82, 2.24) is 4.90 Å². The molecule has 0 bridgehead atoms. The molecule has 1 N–H and O–H groups in total. The predicted molar refractivity (Wildman–Crippen MR) is 85.9 cm³/mol. The number of nitrogens with zero attached hydrogens (tertiary/aromatic N) is 1. The number of aryl methyl sites for hydroxylation is 3. The molecule has 1 amide bonds. The standard InChI is InChI=1S/C18H23NO3/c1-5-19(18(21)17-13(3)10-14(4)22-17)11-16(20)15-8-6-12(2)7-9-15/h6-10,16,20H,5,11H2,1-4H3. The molecule has 1 aromatic carbocycles. The summed E-state index contributed by atoms with van der Waals surface area (Å²) in [4.78, 5) is 14.2. The Morgan fingerprint density at radius 1 is 1.23 bits per heavy atom. The van der Waals surface area contributed by atoms with Crippen molar-refractivity contribution in [2.75, 3.05) is 13.1 Å². The fraction of sp³-hybridized carbons (Fsp3) is 0.389. The monoisotopic (exact) mass is 301 g/mol. The summed E-state index contributed by atoms with van der Waals surface area (Å²) in [5.74, 6) is 0.894. The van der Waals surface area contributed by atoms with Crippen LogP contribution in [0.1, 0.15) is 46.0 Å². The fourth-order valence-electron chi connectivity index (χ4n) is 2.46. The molecule has 22 heavy (non-hydrogen) atoms. The van der Waals surface area contributed by atoms with Gasteiger partial charge in [0, 0.05) is 12.1 Å². The minimum absolute atomic E-state index is 0.181. The SMILES string of the molecule is CCN(CC(O)c1ccc(C)cc1)C(=O)c1oc(C)cc1C. The van der Waals surface area contributed by atoms with Gasteiger partial charge >= 0.3 is 0 Å². The second-order valence-corrected chi connectivity index (χ2v) is 5.64. The van der Waals surface area contributed by atoms with E-state index in [-0.39, 0.29) is 12.5 Å². The Morgan fingerprint density at radius 2 is 1.86 bits per heavy atom. The summed E-state index contributed by atoms with van der Waals surface area (Å²) in [5.41, 5.74) is 2.77. The van der Waals surface area contributed by atoms with Gasteiger partial charge in [-0.05, 0) is 39.3 Å². The maximum Gasteiger partial charge on any atom is 0.289 e. The Balaban J connectivity index is 2.13. The third kappa shape index (κ3) is 3.57. The van der Waals surface area contributed by atoms with Crippen LogP contribution < -0.4 is 0 Å². The normalized spacial score (nSPS) is 12.2. The second-order valence-electron chi connectivity index (χ2n) is 5.64. The zero-order valence-corrected chi connectivity index (χ0v) is 13.6. The third-order valence-electron chi connectivity index (χ3n) is 3.76. The second kappa shape index (κ2) is 6.79. The molecule has 0 aliphatic heterocycles. The number of carbonyl (C=O) groups excluding carboxylic acids is 1. The lowest BCUT2D eigenvalue weighted by molar-refractivity contribution is 0.0603. The first kappa shape index (κ1) is 16.3. The van der Waals surface area contributed by atoms with E-state index in [1.165, 1.54) is 0 Å². The minimum Gasteiger partial charge on any atom is -0.456 e. The molecule has 0 saturated carbocycles. The molecule has 4 heteroatoms. The van der Waals surface area contributed by atoms with E-state index in [0.717, 1.165) is 22.5 Å². The van der Waals surface area contributed by atoms with Crippen LogP contribution in [0.3, 0.4) is 0 Å². The Morgan fingerprint density at radius 3 is 2.36 bits per heavy atom. The van der Waals surface area contributed by atoms with Gasteiger partial charge in [-0.3, -0.25) is 4.79 Å². The van der Waals surface area contributed by atoms with E-state index >= 15 is 0 Å². The predicted octanol–water partition coefficient (Wildman–Crippen LogP) is 3.40. The fourth-order valence-corrected chi connectivity index (χ4v) is 2.46. The molecular formula is C18H23NO3. The first-order chi connectivity index (χ1) is 10.4. The van der Waals surface area contributed by atoms with Crippen LogP contribution in [0.4, 0.5) is 0 Å². The summed E-state index contributed by atoms with van der Waals surface area (Å²) in [5, 5.41) is 10.4. The molecule has 1 unspecified atom stereocenters. The molecule has 0 fully saturated rings. The number of rotatable bonds is 5. The largest absolute Gasteiger partial charge is 0.456 e. The molecular weight excluding hydrogens is 278 g/mol. The van der Waals surface area contributed by atoms with Gasteiger partial charge in [0.15, 0.2) is 5.76 Å². The molecule has 4 nitrogen and oxygen atoms in total. The molecule has 2 aromatic rings. The van der Waals surface area contributed by atoms with Gasteiger partial charge in [0.25, 0.3) is 5.91 Å². The average Bonchev–Trinajstić information content (AvgIpc) is 2.83. The lowest BCUT2D eigenvalue weighted by Gasteiger charge is -2.23. The highest BCUT2D eigenvalue weighted by atomic mass is 16.4. The van der Waals surface area contributed by atoms with Gasteiger partial charge in [-0.25, -0.2) is 0 Å². The van der Waals surface area contributed by atoms with Crippen LogP contribution in [0.2, 0.25) is 0 Å². The number of benzene rings is 1. The van der Waals surface area contributed by atoms with Crippen LogP contribution in [0.15, 0.2) is 34.7 Å². The summed E-state index contributed by atoms with van der Waals surface area (Å²) < 4.78 is 5.49. The first-order valence-electron chi connectivity index (χ1n) is 7.53. The van der Waals surface area contributed by atoms with Crippen LogP contribution in [-0.4, -0.2) is 29.0 Å². The van der Waals surface area contributed by atoms with Crippen molar-refractivity contribution in [3.63, 3.8) is 0 Å². The van der Waals surface area contributed by atoms with E-state index in [2.05, 4.69) is 0 Å². The van der Waals surface area contributed by atoms with Crippen LogP contribution >= 0.6 is 0 Å². The molecule has 1 atom stereocenters. The number of hydrogen-bond donors (Lipinski definition) is 1. The van der Waals surface area contributed by atoms with Gasteiger partial charge in [-0.2, -0.15) is 0 Å². The minimum atomic E-state index is -0.708. The zero-order chi connectivity index (χ0) is 16.3. The number of aliphatic hydroxyl groups excluding tert-OH is 1. The third-order valence-corrected chi connectivity index (χ3v) is 3.76. The van der Waals surface area contributed by atoms with E-state index < -0.39 is 6.10 Å². The molecule has 0 aliphatic rings. The molecule has 0 saturated heterocycles.